The number of halogens is 1. The number of benzene rings is 1. The molecule has 1 aliphatic rings. The van der Waals surface area contributed by atoms with E-state index < -0.39 is 5.54 Å². The zero-order valence-corrected chi connectivity index (χ0v) is 13.7. The summed E-state index contributed by atoms with van der Waals surface area (Å²) in [6, 6.07) is 5.28. The Morgan fingerprint density at radius 3 is 2.48 bits per heavy atom. The molecule has 2 nitrogen and oxygen atoms in total. The summed E-state index contributed by atoms with van der Waals surface area (Å²) in [6.07, 6.45) is 4.97. The lowest BCUT2D eigenvalue weighted by Crippen LogP contribution is -2.43. The van der Waals surface area contributed by atoms with Gasteiger partial charge in [0.05, 0.1) is 7.11 Å². The first-order chi connectivity index (χ1) is 9.84. The first-order valence-corrected chi connectivity index (χ1v) is 7.96. The average Bonchev–Trinajstić information content (AvgIpc) is 2.48. The molecule has 0 bridgehead atoms. The van der Waals surface area contributed by atoms with E-state index in [1.165, 1.54) is 13.5 Å². The van der Waals surface area contributed by atoms with Crippen LogP contribution in [0.5, 0.6) is 5.75 Å². The maximum absolute atomic E-state index is 14.5. The minimum absolute atomic E-state index is 0.285. The van der Waals surface area contributed by atoms with Crippen LogP contribution in [0.2, 0.25) is 0 Å². The van der Waals surface area contributed by atoms with Crippen LogP contribution < -0.4 is 10.5 Å². The molecule has 1 fully saturated rings. The van der Waals surface area contributed by atoms with E-state index in [9.17, 15) is 4.39 Å². The quantitative estimate of drug-likeness (QED) is 0.879. The molecule has 0 aliphatic heterocycles. The van der Waals surface area contributed by atoms with E-state index in [0.717, 1.165) is 25.7 Å². The van der Waals surface area contributed by atoms with Gasteiger partial charge in [0, 0.05) is 11.1 Å². The average molecular weight is 293 g/mol. The van der Waals surface area contributed by atoms with Crippen LogP contribution in [0.1, 0.15) is 58.4 Å². The fraction of sp³-hybridized carbons (Fsp3) is 0.667. The SMILES string of the molecule is CCC(C)(C)C1CCC(N)(c2cccc(OC)c2F)CC1. The summed E-state index contributed by atoms with van der Waals surface area (Å²) in [5.74, 6) is 0.664. The van der Waals surface area contributed by atoms with E-state index in [1.54, 1.807) is 6.07 Å². The number of ether oxygens (including phenoxy) is 1. The van der Waals surface area contributed by atoms with Gasteiger partial charge in [-0.3, -0.25) is 0 Å². The molecule has 1 aromatic rings. The van der Waals surface area contributed by atoms with Crippen molar-refractivity contribution >= 4 is 0 Å². The Kier molecular flexibility index (Phi) is 4.62. The van der Waals surface area contributed by atoms with E-state index >= 15 is 0 Å². The molecule has 0 amide bonds. The molecule has 1 aromatic carbocycles. The summed E-state index contributed by atoms with van der Waals surface area (Å²) in [6.45, 7) is 6.90. The number of rotatable bonds is 4. The normalized spacial score (nSPS) is 26.7. The molecule has 0 saturated heterocycles. The molecule has 21 heavy (non-hydrogen) atoms. The fourth-order valence-corrected chi connectivity index (χ4v) is 3.53. The molecule has 0 spiro atoms. The van der Waals surface area contributed by atoms with Gasteiger partial charge < -0.3 is 10.5 Å². The van der Waals surface area contributed by atoms with Crippen LogP contribution >= 0.6 is 0 Å². The van der Waals surface area contributed by atoms with Gasteiger partial charge in [-0.2, -0.15) is 0 Å². The predicted octanol–water partition coefficient (Wildman–Crippen LogP) is 4.61. The van der Waals surface area contributed by atoms with E-state index in [0.29, 0.717) is 16.9 Å². The van der Waals surface area contributed by atoms with Crippen molar-refractivity contribution in [1.82, 2.24) is 0 Å². The monoisotopic (exact) mass is 293 g/mol. The van der Waals surface area contributed by atoms with Crippen LogP contribution in [0, 0.1) is 17.2 Å². The Bertz CT molecular complexity index is 490. The second-order valence-electron chi connectivity index (χ2n) is 7.09. The van der Waals surface area contributed by atoms with E-state index in [4.69, 9.17) is 10.5 Å². The standard InChI is InChI=1S/C18H28FNO/c1-5-17(2,3)13-9-11-18(20,12-10-13)14-7-6-8-15(21-4)16(14)19/h6-8,13H,5,9-12,20H2,1-4H3. The summed E-state index contributed by atoms with van der Waals surface area (Å²) in [7, 11) is 1.49. The fourth-order valence-electron chi connectivity index (χ4n) is 3.53. The maximum atomic E-state index is 14.5. The van der Waals surface area contributed by atoms with Crippen molar-refractivity contribution in [3.05, 3.63) is 29.6 Å². The van der Waals surface area contributed by atoms with Crippen LogP contribution in [0.3, 0.4) is 0 Å². The molecule has 1 aliphatic carbocycles. The lowest BCUT2D eigenvalue weighted by Gasteiger charge is -2.43. The highest BCUT2D eigenvalue weighted by Crippen LogP contribution is 2.46. The summed E-state index contributed by atoms with van der Waals surface area (Å²) in [5, 5.41) is 0. The van der Waals surface area contributed by atoms with Crippen molar-refractivity contribution in [2.24, 2.45) is 17.1 Å². The lowest BCUT2D eigenvalue weighted by molar-refractivity contribution is 0.113. The van der Waals surface area contributed by atoms with Gasteiger partial charge in [-0.15, -0.1) is 0 Å². The second kappa shape index (κ2) is 5.96. The Hall–Kier alpha value is -1.09. The summed E-state index contributed by atoms with van der Waals surface area (Å²) >= 11 is 0. The molecule has 3 heteroatoms. The third-order valence-corrected chi connectivity index (χ3v) is 5.61. The van der Waals surface area contributed by atoms with Crippen molar-refractivity contribution in [1.29, 1.82) is 0 Å². The molecule has 1 saturated carbocycles. The lowest BCUT2D eigenvalue weighted by atomic mass is 9.64. The number of hydrogen-bond acceptors (Lipinski definition) is 2. The Balaban J connectivity index is 2.20. The van der Waals surface area contributed by atoms with Crippen LogP contribution in [0.25, 0.3) is 0 Å². The maximum Gasteiger partial charge on any atom is 0.170 e. The molecule has 0 aromatic heterocycles. The molecule has 0 heterocycles. The number of nitrogens with two attached hydrogens (primary N) is 1. The predicted molar refractivity (Wildman–Crippen MR) is 84.8 cm³/mol. The van der Waals surface area contributed by atoms with Gasteiger partial charge in [0.15, 0.2) is 11.6 Å². The molecule has 2 N–H and O–H groups in total. The van der Waals surface area contributed by atoms with Gasteiger partial charge >= 0.3 is 0 Å². The van der Waals surface area contributed by atoms with Crippen molar-refractivity contribution in [2.75, 3.05) is 7.11 Å². The van der Waals surface area contributed by atoms with Gasteiger partial charge in [0.25, 0.3) is 0 Å². The highest BCUT2D eigenvalue weighted by molar-refractivity contribution is 5.36. The Morgan fingerprint density at radius 1 is 1.33 bits per heavy atom. The van der Waals surface area contributed by atoms with Gasteiger partial charge in [-0.25, -0.2) is 4.39 Å². The van der Waals surface area contributed by atoms with Crippen molar-refractivity contribution in [2.45, 2.75) is 58.4 Å². The van der Waals surface area contributed by atoms with Crippen LogP contribution in [0.15, 0.2) is 18.2 Å². The zero-order valence-electron chi connectivity index (χ0n) is 13.7. The highest BCUT2D eigenvalue weighted by atomic mass is 19.1. The van der Waals surface area contributed by atoms with Crippen molar-refractivity contribution in [3.8, 4) is 5.75 Å². The van der Waals surface area contributed by atoms with Gasteiger partial charge in [0.1, 0.15) is 0 Å². The van der Waals surface area contributed by atoms with Gasteiger partial charge in [-0.05, 0) is 43.1 Å². The topological polar surface area (TPSA) is 35.2 Å². The Morgan fingerprint density at radius 2 is 1.95 bits per heavy atom. The second-order valence-corrected chi connectivity index (χ2v) is 7.09. The zero-order chi connectivity index (χ0) is 15.7. The third-order valence-electron chi connectivity index (χ3n) is 5.61. The van der Waals surface area contributed by atoms with Gasteiger partial charge in [0.2, 0.25) is 0 Å². The summed E-state index contributed by atoms with van der Waals surface area (Å²) in [5.41, 5.74) is 6.95. The van der Waals surface area contributed by atoms with Crippen molar-refractivity contribution < 1.29 is 9.13 Å². The van der Waals surface area contributed by atoms with E-state index in [-0.39, 0.29) is 11.6 Å². The molecule has 0 unspecified atom stereocenters. The van der Waals surface area contributed by atoms with Crippen molar-refractivity contribution in [3.63, 3.8) is 0 Å². The first-order valence-electron chi connectivity index (χ1n) is 7.96. The summed E-state index contributed by atoms with van der Waals surface area (Å²) in [4.78, 5) is 0. The minimum atomic E-state index is -0.557. The highest BCUT2D eigenvalue weighted by Gasteiger charge is 2.39. The molecule has 0 radical (unpaired) electrons. The molecule has 0 atom stereocenters. The van der Waals surface area contributed by atoms with E-state index in [2.05, 4.69) is 20.8 Å². The van der Waals surface area contributed by atoms with Crippen LogP contribution in [-0.2, 0) is 5.54 Å². The number of hydrogen-bond donors (Lipinski definition) is 1. The first kappa shape index (κ1) is 16.3. The van der Waals surface area contributed by atoms with Crippen LogP contribution in [0.4, 0.5) is 4.39 Å². The smallest absolute Gasteiger partial charge is 0.170 e. The number of methoxy groups -OCH3 is 1. The van der Waals surface area contributed by atoms with Gasteiger partial charge in [-0.1, -0.05) is 39.3 Å². The molecule has 2 rings (SSSR count). The summed E-state index contributed by atoms with van der Waals surface area (Å²) < 4.78 is 19.6. The molecular weight excluding hydrogens is 265 g/mol. The molecule has 118 valence electrons. The largest absolute Gasteiger partial charge is 0.494 e. The molecular formula is C18H28FNO. The minimum Gasteiger partial charge on any atom is -0.494 e. The van der Waals surface area contributed by atoms with Crippen LogP contribution in [-0.4, -0.2) is 7.11 Å². The third kappa shape index (κ3) is 3.08. The Labute approximate surface area is 127 Å². The van der Waals surface area contributed by atoms with E-state index in [1.807, 2.05) is 12.1 Å².